The molecular weight excluding hydrogens is 400 g/mol. The molecule has 0 fully saturated rings. The molecule has 0 saturated carbocycles. The molecule has 2 aliphatic carbocycles. The number of allylic oxidation sites excluding steroid dienone is 4. The fourth-order valence-electron chi connectivity index (χ4n) is 3.80. The zero-order chi connectivity index (χ0) is 23.6. The van der Waals surface area contributed by atoms with Crippen molar-refractivity contribution in [1.29, 1.82) is 0 Å². The van der Waals surface area contributed by atoms with E-state index in [0.29, 0.717) is 12.0 Å². The summed E-state index contributed by atoms with van der Waals surface area (Å²) in [5.41, 5.74) is -3.94. The maximum absolute atomic E-state index is 12.5. The first kappa shape index (κ1) is 24.5. The second kappa shape index (κ2) is 8.77. The van der Waals surface area contributed by atoms with E-state index >= 15 is 0 Å². The van der Waals surface area contributed by atoms with Crippen LogP contribution in [0.1, 0.15) is 40.5 Å². The van der Waals surface area contributed by atoms with Crippen LogP contribution < -0.4 is 0 Å². The minimum absolute atomic E-state index is 0.181. The van der Waals surface area contributed by atoms with Crippen LogP contribution in [0.5, 0.6) is 0 Å². The van der Waals surface area contributed by atoms with Crippen molar-refractivity contribution in [2.45, 2.75) is 57.8 Å². The molecule has 7 heteroatoms. The standard InChI is InChI=1S/C24H30O7/c1-6-22(4,29)12-8-7-9-20(26)31-18-11-10-17-13-19(25)24(30,16(3)21(27)28)14-23(17,5)15(18)2/h7-13,15,18,29-30H,3,6,14H2,1-2,4-5H3,(H,27,28)/b9-7+,12-8+/t15-,18-,22-,23+,24+/m0/s1. The largest absolute Gasteiger partial charge is 0.478 e. The van der Waals surface area contributed by atoms with Crippen molar-refractivity contribution in [2.75, 3.05) is 0 Å². The molecule has 0 aromatic rings. The van der Waals surface area contributed by atoms with Gasteiger partial charge in [-0.3, -0.25) is 4.79 Å². The van der Waals surface area contributed by atoms with E-state index in [1.54, 1.807) is 38.2 Å². The number of aliphatic hydroxyl groups is 2. The number of carboxylic acid groups (broad SMARTS) is 1. The number of ketones is 1. The Morgan fingerprint density at radius 1 is 1.39 bits per heavy atom. The lowest BCUT2D eigenvalue weighted by atomic mass is 9.57. The summed E-state index contributed by atoms with van der Waals surface area (Å²) in [6.45, 7) is 10.5. The highest BCUT2D eigenvalue weighted by Crippen LogP contribution is 2.52. The highest BCUT2D eigenvalue weighted by molar-refractivity contribution is 6.08. The van der Waals surface area contributed by atoms with Crippen molar-refractivity contribution in [2.24, 2.45) is 11.3 Å². The molecule has 0 saturated heterocycles. The first-order valence-corrected chi connectivity index (χ1v) is 10.2. The van der Waals surface area contributed by atoms with Gasteiger partial charge in [-0.2, -0.15) is 0 Å². The van der Waals surface area contributed by atoms with Gasteiger partial charge in [-0.05, 0) is 37.5 Å². The summed E-state index contributed by atoms with van der Waals surface area (Å²) in [4.78, 5) is 36.1. The van der Waals surface area contributed by atoms with Crippen LogP contribution in [-0.2, 0) is 19.1 Å². The van der Waals surface area contributed by atoms with Gasteiger partial charge in [-0.1, -0.05) is 51.7 Å². The number of carboxylic acids is 1. The van der Waals surface area contributed by atoms with Gasteiger partial charge in [0.1, 0.15) is 6.10 Å². The van der Waals surface area contributed by atoms with Gasteiger partial charge in [-0.15, -0.1) is 0 Å². The molecule has 0 aliphatic heterocycles. The van der Waals surface area contributed by atoms with Gasteiger partial charge in [0.05, 0.1) is 11.2 Å². The third-order valence-corrected chi connectivity index (χ3v) is 6.46. The Bertz CT molecular complexity index is 905. The molecule has 7 nitrogen and oxygen atoms in total. The second-order valence-corrected chi connectivity index (χ2v) is 8.68. The Hall–Kier alpha value is -2.77. The third-order valence-electron chi connectivity index (χ3n) is 6.46. The van der Waals surface area contributed by atoms with E-state index < -0.39 is 46.0 Å². The second-order valence-electron chi connectivity index (χ2n) is 8.68. The number of aliphatic carboxylic acids is 1. The van der Waals surface area contributed by atoms with Crippen LogP contribution in [0.4, 0.5) is 0 Å². The lowest BCUT2D eigenvalue weighted by molar-refractivity contribution is -0.148. The SMILES string of the molecule is C=C(C(=O)O)[C@]1(O)C[C@@]2(C)C(=CC1=O)C=C[C@H](OC(=O)/C=C/C=C/[C@@](C)(O)CC)[C@@H]2C. The molecule has 0 aromatic carbocycles. The Labute approximate surface area is 182 Å². The average Bonchev–Trinajstić information content (AvgIpc) is 2.69. The van der Waals surface area contributed by atoms with E-state index in [2.05, 4.69) is 6.58 Å². The number of carbonyl (C=O) groups is 3. The van der Waals surface area contributed by atoms with Crippen LogP contribution in [0.2, 0.25) is 0 Å². The van der Waals surface area contributed by atoms with Gasteiger partial charge in [0.25, 0.3) is 0 Å². The molecule has 3 N–H and O–H groups in total. The first-order chi connectivity index (χ1) is 14.3. The van der Waals surface area contributed by atoms with Gasteiger partial charge in [0.15, 0.2) is 11.4 Å². The quantitative estimate of drug-likeness (QED) is 0.322. The van der Waals surface area contributed by atoms with Gasteiger partial charge >= 0.3 is 11.9 Å². The fraction of sp³-hybridized carbons (Fsp3) is 0.458. The predicted molar refractivity (Wildman–Crippen MR) is 115 cm³/mol. The molecule has 0 amide bonds. The zero-order valence-electron chi connectivity index (χ0n) is 18.3. The van der Waals surface area contributed by atoms with E-state index in [1.807, 2.05) is 13.8 Å². The van der Waals surface area contributed by atoms with Crippen LogP contribution in [0.25, 0.3) is 0 Å². The number of hydrogen-bond acceptors (Lipinski definition) is 6. The summed E-state index contributed by atoms with van der Waals surface area (Å²) >= 11 is 0. The minimum atomic E-state index is -2.22. The normalized spacial score (nSPS) is 32.5. The molecule has 0 unspecified atom stereocenters. The fourth-order valence-corrected chi connectivity index (χ4v) is 3.80. The molecule has 0 spiro atoms. The summed E-state index contributed by atoms with van der Waals surface area (Å²) in [6, 6.07) is 0. The van der Waals surface area contributed by atoms with Crippen LogP contribution in [-0.4, -0.2) is 50.3 Å². The summed E-state index contributed by atoms with van der Waals surface area (Å²) < 4.78 is 5.54. The van der Waals surface area contributed by atoms with Crippen molar-refractivity contribution in [3.63, 3.8) is 0 Å². The van der Waals surface area contributed by atoms with E-state index in [1.165, 1.54) is 18.2 Å². The van der Waals surface area contributed by atoms with E-state index in [9.17, 15) is 29.7 Å². The average molecular weight is 430 g/mol. The Balaban J connectivity index is 2.20. The Morgan fingerprint density at radius 2 is 2.03 bits per heavy atom. The Morgan fingerprint density at radius 3 is 2.61 bits per heavy atom. The predicted octanol–water partition coefficient (Wildman–Crippen LogP) is 2.65. The summed E-state index contributed by atoms with van der Waals surface area (Å²) in [5, 5.41) is 30.0. The van der Waals surface area contributed by atoms with Crippen molar-refractivity contribution < 1.29 is 34.4 Å². The maximum Gasteiger partial charge on any atom is 0.334 e. The van der Waals surface area contributed by atoms with Gasteiger partial charge < -0.3 is 20.1 Å². The molecule has 31 heavy (non-hydrogen) atoms. The number of hydrogen-bond donors (Lipinski definition) is 3. The van der Waals surface area contributed by atoms with Gasteiger partial charge in [-0.25, -0.2) is 9.59 Å². The van der Waals surface area contributed by atoms with Crippen molar-refractivity contribution in [1.82, 2.24) is 0 Å². The van der Waals surface area contributed by atoms with Crippen LogP contribution in [0.15, 0.2) is 60.3 Å². The van der Waals surface area contributed by atoms with E-state index in [-0.39, 0.29) is 12.3 Å². The van der Waals surface area contributed by atoms with Crippen molar-refractivity contribution in [3.8, 4) is 0 Å². The van der Waals surface area contributed by atoms with Crippen LogP contribution >= 0.6 is 0 Å². The number of esters is 1. The smallest absolute Gasteiger partial charge is 0.334 e. The van der Waals surface area contributed by atoms with Crippen molar-refractivity contribution in [3.05, 3.63) is 60.3 Å². The molecule has 0 radical (unpaired) electrons. The maximum atomic E-state index is 12.5. The molecule has 2 rings (SSSR count). The third kappa shape index (κ3) is 4.94. The number of ether oxygens (including phenoxy) is 1. The number of carbonyl (C=O) groups excluding carboxylic acids is 2. The van der Waals surface area contributed by atoms with Gasteiger partial charge in [0, 0.05) is 17.4 Å². The van der Waals surface area contributed by atoms with Gasteiger partial charge in [0.2, 0.25) is 0 Å². The zero-order valence-corrected chi connectivity index (χ0v) is 18.3. The summed E-state index contributed by atoms with van der Waals surface area (Å²) in [5.74, 6) is -3.11. The van der Waals surface area contributed by atoms with E-state index in [0.717, 1.165) is 0 Å². The summed E-state index contributed by atoms with van der Waals surface area (Å²) in [7, 11) is 0. The molecular formula is C24H30O7. The molecule has 0 heterocycles. The molecule has 0 bridgehead atoms. The molecule has 2 aliphatic rings. The number of rotatable bonds is 7. The van der Waals surface area contributed by atoms with Crippen molar-refractivity contribution >= 4 is 17.7 Å². The topological polar surface area (TPSA) is 121 Å². The van der Waals surface area contributed by atoms with E-state index in [4.69, 9.17) is 4.74 Å². The summed E-state index contributed by atoms with van der Waals surface area (Å²) in [6.07, 6.45) is 10.2. The highest BCUT2D eigenvalue weighted by atomic mass is 16.5. The highest BCUT2D eigenvalue weighted by Gasteiger charge is 2.54. The minimum Gasteiger partial charge on any atom is -0.478 e. The lowest BCUT2D eigenvalue weighted by Crippen LogP contribution is -2.53. The monoisotopic (exact) mass is 430 g/mol. The number of fused-ring (bicyclic) bond motifs is 1. The lowest BCUT2D eigenvalue weighted by Gasteiger charge is -2.48. The first-order valence-electron chi connectivity index (χ1n) is 10.2. The molecule has 168 valence electrons. The molecule has 0 aromatic heterocycles. The Kier molecular flexibility index (Phi) is 6.93. The van der Waals surface area contributed by atoms with Crippen LogP contribution in [0.3, 0.4) is 0 Å². The van der Waals surface area contributed by atoms with Crippen LogP contribution in [0, 0.1) is 11.3 Å². The molecule has 5 atom stereocenters.